The second kappa shape index (κ2) is 9.27. The number of benzene rings is 2. The van der Waals surface area contributed by atoms with Crippen molar-refractivity contribution >= 4 is 24.1 Å². The molecule has 0 fully saturated rings. The Morgan fingerprint density at radius 3 is 1.96 bits per heavy atom. The quantitative estimate of drug-likeness (QED) is 0.442. The molecule has 0 aliphatic carbocycles. The number of carbonyl (C=O) groups is 2. The number of ether oxygens (including phenoxy) is 3. The molecule has 0 saturated carbocycles. The Kier molecular flexibility index (Phi) is 6.79. The van der Waals surface area contributed by atoms with E-state index in [0.29, 0.717) is 17.2 Å². The lowest BCUT2D eigenvalue weighted by Gasteiger charge is -2.06. The number of aliphatic carboxylic acids is 1. The zero-order chi connectivity index (χ0) is 18.9. The summed E-state index contributed by atoms with van der Waals surface area (Å²) in [7, 11) is 3.19. The van der Waals surface area contributed by atoms with Crippen molar-refractivity contribution in [2.24, 2.45) is 0 Å². The van der Waals surface area contributed by atoms with Crippen LogP contribution in [0.3, 0.4) is 0 Å². The van der Waals surface area contributed by atoms with E-state index in [2.05, 4.69) is 0 Å². The first-order chi connectivity index (χ1) is 12.5. The molecule has 0 atom stereocenters. The van der Waals surface area contributed by atoms with Gasteiger partial charge in [-0.05, 0) is 35.4 Å². The molecule has 0 aromatic heterocycles. The van der Waals surface area contributed by atoms with Crippen LogP contribution in [0.2, 0.25) is 0 Å². The third kappa shape index (κ3) is 5.98. The first-order valence-electron chi connectivity index (χ1n) is 7.94. The van der Waals surface area contributed by atoms with E-state index in [1.807, 2.05) is 24.3 Å². The summed E-state index contributed by atoms with van der Waals surface area (Å²) in [6, 6.07) is 12.5. The van der Waals surface area contributed by atoms with Gasteiger partial charge in [-0.2, -0.15) is 0 Å². The van der Waals surface area contributed by atoms with Gasteiger partial charge in [0.1, 0.15) is 17.2 Å². The van der Waals surface area contributed by atoms with Crippen molar-refractivity contribution in [3.8, 4) is 17.2 Å². The summed E-state index contributed by atoms with van der Waals surface area (Å²) in [6.07, 6.45) is 3.42. The van der Waals surface area contributed by atoms with Crippen LogP contribution >= 0.6 is 0 Å². The van der Waals surface area contributed by atoms with E-state index in [9.17, 15) is 9.59 Å². The highest BCUT2D eigenvalue weighted by Gasteiger charge is 2.07. The second-order valence-electron chi connectivity index (χ2n) is 5.42. The molecule has 0 aliphatic rings. The Bertz CT molecular complexity index is 770. The molecular formula is C20H20O6. The average Bonchev–Trinajstić information content (AvgIpc) is 2.65. The maximum Gasteiger partial charge on any atom is 0.311 e. The monoisotopic (exact) mass is 356 g/mol. The standard InChI is InChI=1S/C20H20O6/c1-24-17-11-15(12-18(13-17)25-2)4-3-14-5-7-16(8-6-14)26-20(23)10-9-19(21)22/h3-8,11-13H,9-10H2,1-2H3,(H,21,22)/b4-3+. The minimum atomic E-state index is -1.03. The lowest BCUT2D eigenvalue weighted by atomic mass is 10.1. The molecule has 26 heavy (non-hydrogen) atoms. The molecule has 1 N–H and O–H groups in total. The van der Waals surface area contributed by atoms with Crippen LogP contribution in [-0.2, 0) is 9.59 Å². The van der Waals surface area contributed by atoms with Crippen LogP contribution in [0, 0.1) is 0 Å². The van der Waals surface area contributed by atoms with Gasteiger partial charge in [0.15, 0.2) is 0 Å². The maximum absolute atomic E-state index is 11.5. The number of hydrogen-bond acceptors (Lipinski definition) is 5. The van der Waals surface area contributed by atoms with Crippen molar-refractivity contribution in [1.82, 2.24) is 0 Å². The molecule has 136 valence electrons. The maximum atomic E-state index is 11.5. The molecule has 0 saturated heterocycles. The summed E-state index contributed by atoms with van der Waals surface area (Å²) in [6.45, 7) is 0. The molecule has 0 heterocycles. The minimum Gasteiger partial charge on any atom is -0.497 e. The summed E-state index contributed by atoms with van der Waals surface area (Å²) < 4.78 is 15.6. The molecule has 0 spiro atoms. The summed E-state index contributed by atoms with van der Waals surface area (Å²) in [5, 5.41) is 8.55. The Morgan fingerprint density at radius 1 is 0.846 bits per heavy atom. The molecule has 0 radical (unpaired) electrons. The van der Waals surface area contributed by atoms with Crippen molar-refractivity contribution in [2.75, 3.05) is 14.2 Å². The number of carboxylic acid groups (broad SMARTS) is 1. The molecule has 0 unspecified atom stereocenters. The van der Waals surface area contributed by atoms with Gasteiger partial charge in [0, 0.05) is 6.07 Å². The molecule has 2 aromatic carbocycles. The largest absolute Gasteiger partial charge is 0.497 e. The normalized spacial score (nSPS) is 10.5. The SMILES string of the molecule is COc1cc(/C=C/c2ccc(OC(=O)CCC(=O)O)cc2)cc(OC)c1. The molecule has 0 aliphatic heterocycles. The number of carbonyl (C=O) groups excluding carboxylic acids is 1. The van der Waals surface area contributed by atoms with Gasteiger partial charge in [0.05, 0.1) is 27.1 Å². The van der Waals surface area contributed by atoms with E-state index in [-0.39, 0.29) is 12.8 Å². The summed E-state index contributed by atoms with van der Waals surface area (Å²) in [5.41, 5.74) is 1.84. The fraction of sp³-hybridized carbons (Fsp3) is 0.200. The number of rotatable bonds is 8. The van der Waals surface area contributed by atoms with E-state index in [1.165, 1.54) is 0 Å². The smallest absolute Gasteiger partial charge is 0.311 e. The molecule has 6 nitrogen and oxygen atoms in total. The van der Waals surface area contributed by atoms with Crippen molar-refractivity contribution in [2.45, 2.75) is 12.8 Å². The van der Waals surface area contributed by atoms with Crippen molar-refractivity contribution in [3.63, 3.8) is 0 Å². The van der Waals surface area contributed by atoms with Gasteiger partial charge in [0.2, 0.25) is 0 Å². The van der Waals surface area contributed by atoms with Gasteiger partial charge in [-0.1, -0.05) is 24.3 Å². The van der Waals surface area contributed by atoms with Crippen molar-refractivity contribution in [1.29, 1.82) is 0 Å². The Hall–Kier alpha value is -3.28. The topological polar surface area (TPSA) is 82.1 Å². The van der Waals surface area contributed by atoms with E-state index in [0.717, 1.165) is 11.1 Å². The van der Waals surface area contributed by atoms with E-state index in [4.69, 9.17) is 19.3 Å². The van der Waals surface area contributed by atoms with Crippen molar-refractivity contribution < 1.29 is 28.9 Å². The highest BCUT2D eigenvalue weighted by molar-refractivity contribution is 5.78. The van der Waals surface area contributed by atoms with E-state index >= 15 is 0 Å². The van der Waals surface area contributed by atoms with Crippen LogP contribution in [0.1, 0.15) is 24.0 Å². The molecule has 0 bridgehead atoms. The number of methoxy groups -OCH3 is 2. The van der Waals surface area contributed by atoms with Crippen LogP contribution in [0.4, 0.5) is 0 Å². The van der Waals surface area contributed by atoms with Gasteiger partial charge < -0.3 is 19.3 Å². The van der Waals surface area contributed by atoms with E-state index in [1.54, 1.807) is 44.6 Å². The number of esters is 1. The average molecular weight is 356 g/mol. The van der Waals surface area contributed by atoms with Crippen LogP contribution < -0.4 is 14.2 Å². The van der Waals surface area contributed by atoms with E-state index < -0.39 is 11.9 Å². The first-order valence-corrected chi connectivity index (χ1v) is 7.94. The lowest BCUT2D eigenvalue weighted by molar-refractivity contribution is -0.142. The zero-order valence-corrected chi connectivity index (χ0v) is 14.6. The summed E-state index contributed by atoms with van der Waals surface area (Å²) >= 11 is 0. The molecule has 2 aromatic rings. The van der Waals surface area contributed by atoms with Crippen LogP contribution in [0.15, 0.2) is 42.5 Å². The van der Waals surface area contributed by atoms with Gasteiger partial charge in [-0.3, -0.25) is 9.59 Å². The fourth-order valence-corrected chi connectivity index (χ4v) is 2.16. The molecular weight excluding hydrogens is 336 g/mol. The fourth-order valence-electron chi connectivity index (χ4n) is 2.16. The Morgan fingerprint density at radius 2 is 1.42 bits per heavy atom. The first kappa shape index (κ1) is 19.1. The van der Waals surface area contributed by atoms with Gasteiger partial charge in [-0.25, -0.2) is 0 Å². The second-order valence-corrected chi connectivity index (χ2v) is 5.42. The molecule has 6 heteroatoms. The highest BCUT2D eigenvalue weighted by Crippen LogP contribution is 2.24. The van der Waals surface area contributed by atoms with Crippen LogP contribution in [0.5, 0.6) is 17.2 Å². The minimum absolute atomic E-state index is 0.158. The predicted octanol–water partition coefficient (Wildman–Crippen LogP) is 3.64. The number of carboxylic acids is 1. The zero-order valence-electron chi connectivity index (χ0n) is 14.6. The lowest BCUT2D eigenvalue weighted by Crippen LogP contribution is -2.10. The summed E-state index contributed by atoms with van der Waals surface area (Å²) in [4.78, 5) is 21.9. The third-order valence-corrected chi connectivity index (χ3v) is 3.50. The molecule has 2 rings (SSSR count). The highest BCUT2D eigenvalue weighted by atomic mass is 16.5. The van der Waals surface area contributed by atoms with Gasteiger partial charge in [0.25, 0.3) is 0 Å². The van der Waals surface area contributed by atoms with Gasteiger partial charge >= 0.3 is 11.9 Å². The van der Waals surface area contributed by atoms with Crippen molar-refractivity contribution in [3.05, 3.63) is 53.6 Å². The Balaban J connectivity index is 2.01. The predicted molar refractivity (Wildman–Crippen MR) is 97.4 cm³/mol. The number of hydrogen-bond donors (Lipinski definition) is 1. The third-order valence-electron chi connectivity index (χ3n) is 3.50. The van der Waals surface area contributed by atoms with Crippen LogP contribution in [-0.4, -0.2) is 31.3 Å². The Labute approximate surface area is 151 Å². The molecule has 0 amide bonds. The van der Waals surface area contributed by atoms with Gasteiger partial charge in [-0.15, -0.1) is 0 Å². The summed E-state index contributed by atoms with van der Waals surface area (Å²) in [5.74, 6) is 0.177. The van der Waals surface area contributed by atoms with Crippen LogP contribution in [0.25, 0.3) is 12.2 Å².